The summed E-state index contributed by atoms with van der Waals surface area (Å²) < 4.78 is 0. The Kier molecular flexibility index (Phi) is 2.63. The third kappa shape index (κ3) is 2.01. The molecule has 0 aromatic carbocycles. The zero-order chi connectivity index (χ0) is 9.97. The van der Waals surface area contributed by atoms with Crippen molar-refractivity contribution in [3.05, 3.63) is 18.1 Å². The van der Waals surface area contributed by atoms with Gasteiger partial charge >= 0.3 is 0 Å². The fourth-order valence-electron chi connectivity index (χ4n) is 1.71. The molecule has 1 N–H and O–H groups in total. The van der Waals surface area contributed by atoms with Crippen LogP contribution in [0.5, 0.6) is 0 Å². The van der Waals surface area contributed by atoms with Crippen molar-refractivity contribution in [1.29, 1.82) is 0 Å². The van der Waals surface area contributed by atoms with Crippen molar-refractivity contribution in [2.45, 2.75) is 25.9 Å². The van der Waals surface area contributed by atoms with Crippen molar-refractivity contribution < 1.29 is 5.11 Å². The normalized spacial score (nSPS) is 18.6. The van der Waals surface area contributed by atoms with Crippen LogP contribution in [0.25, 0.3) is 0 Å². The van der Waals surface area contributed by atoms with Gasteiger partial charge in [-0.3, -0.25) is 0 Å². The number of anilines is 1. The van der Waals surface area contributed by atoms with Crippen molar-refractivity contribution >= 4 is 5.82 Å². The van der Waals surface area contributed by atoms with E-state index in [9.17, 15) is 5.11 Å². The average Bonchev–Trinajstić information content (AvgIpc) is 2.19. The first-order valence-electron chi connectivity index (χ1n) is 4.97. The lowest BCUT2D eigenvalue weighted by molar-refractivity contribution is 0.145. The lowest BCUT2D eigenvalue weighted by Gasteiger charge is -2.30. The van der Waals surface area contributed by atoms with Crippen molar-refractivity contribution in [1.82, 2.24) is 9.97 Å². The summed E-state index contributed by atoms with van der Waals surface area (Å²) in [5.74, 6) is 0.976. The quantitative estimate of drug-likeness (QED) is 0.715. The van der Waals surface area contributed by atoms with Gasteiger partial charge in [-0.15, -0.1) is 0 Å². The van der Waals surface area contributed by atoms with Gasteiger partial charge in [0.2, 0.25) is 0 Å². The van der Waals surface area contributed by atoms with E-state index < -0.39 is 0 Å². The Bertz CT molecular complexity index is 308. The molecule has 4 heteroatoms. The van der Waals surface area contributed by atoms with E-state index in [4.69, 9.17) is 0 Å². The Morgan fingerprint density at radius 1 is 1.36 bits per heavy atom. The molecule has 0 atom stereocenters. The number of aliphatic hydroxyl groups excluding tert-OH is 1. The predicted molar refractivity (Wildman–Crippen MR) is 54.2 cm³/mol. The fourth-order valence-corrected chi connectivity index (χ4v) is 1.71. The Morgan fingerprint density at radius 3 is 2.71 bits per heavy atom. The Balaban J connectivity index is 2.08. The molecular weight excluding hydrogens is 178 g/mol. The monoisotopic (exact) mass is 193 g/mol. The molecule has 2 rings (SSSR count). The van der Waals surface area contributed by atoms with Gasteiger partial charge < -0.3 is 10.0 Å². The molecule has 1 aromatic heterocycles. The highest BCUT2D eigenvalue weighted by molar-refractivity contribution is 5.38. The van der Waals surface area contributed by atoms with Crippen molar-refractivity contribution in [3.63, 3.8) is 0 Å². The van der Waals surface area contributed by atoms with Crippen LogP contribution in [0.15, 0.2) is 12.4 Å². The van der Waals surface area contributed by atoms with Gasteiger partial charge in [-0.05, 0) is 19.8 Å². The maximum Gasteiger partial charge on any atom is 0.132 e. The molecule has 0 unspecified atom stereocenters. The molecule has 1 aliphatic heterocycles. The molecule has 1 saturated heterocycles. The Labute approximate surface area is 83.6 Å². The van der Waals surface area contributed by atoms with Gasteiger partial charge in [-0.25, -0.2) is 9.97 Å². The third-order valence-electron chi connectivity index (χ3n) is 2.58. The first kappa shape index (κ1) is 9.40. The van der Waals surface area contributed by atoms with E-state index in [2.05, 4.69) is 14.9 Å². The molecule has 0 bridgehead atoms. The highest BCUT2D eigenvalue weighted by Gasteiger charge is 2.17. The molecule has 0 amide bonds. The number of piperidine rings is 1. The number of aromatic nitrogens is 2. The summed E-state index contributed by atoms with van der Waals surface area (Å²) in [5.41, 5.74) is 0.987. The van der Waals surface area contributed by atoms with E-state index in [1.807, 2.05) is 13.0 Å². The number of hydrogen-bond donors (Lipinski definition) is 1. The van der Waals surface area contributed by atoms with E-state index in [-0.39, 0.29) is 6.10 Å². The zero-order valence-electron chi connectivity index (χ0n) is 8.35. The summed E-state index contributed by atoms with van der Waals surface area (Å²) in [7, 11) is 0. The van der Waals surface area contributed by atoms with Gasteiger partial charge in [0.05, 0.1) is 6.10 Å². The fraction of sp³-hybridized carbons (Fsp3) is 0.600. The van der Waals surface area contributed by atoms with Gasteiger partial charge in [-0.2, -0.15) is 0 Å². The van der Waals surface area contributed by atoms with Crippen LogP contribution in [0.3, 0.4) is 0 Å². The first-order chi connectivity index (χ1) is 6.75. The summed E-state index contributed by atoms with van der Waals surface area (Å²) in [6.45, 7) is 3.74. The van der Waals surface area contributed by atoms with Crippen molar-refractivity contribution in [3.8, 4) is 0 Å². The van der Waals surface area contributed by atoms with Gasteiger partial charge in [0, 0.05) is 24.8 Å². The molecule has 0 radical (unpaired) electrons. The van der Waals surface area contributed by atoms with Crippen LogP contribution in [0.4, 0.5) is 5.82 Å². The van der Waals surface area contributed by atoms with Crippen LogP contribution in [-0.2, 0) is 0 Å². The van der Waals surface area contributed by atoms with Gasteiger partial charge in [-0.1, -0.05) is 0 Å². The lowest BCUT2D eigenvalue weighted by atomic mass is 10.1. The zero-order valence-corrected chi connectivity index (χ0v) is 8.35. The molecule has 0 aliphatic carbocycles. The number of rotatable bonds is 1. The molecule has 1 aliphatic rings. The number of nitrogens with zero attached hydrogens (tertiary/aromatic N) is 3. The molecule has 1 fully saturated rings. The van der Waals surface area contributed by atoms with Gasteiger partial charge in [0.1, 0.15) is 12.1 Å². The Hall–Kier alpha value is -1.16. The SMILES string of the molecule is Cc1cc(N2CCC(O)CC2)ncn1. The van der Waals surface area contributed by atoms with Crippen LogP contribution < -0.4 is 4.90 Å². The summed E-state index contributed by atoms with van der Waals surface area (Å²) in [5, 5.41) is 9.37. The summed E-state index contributed by atoms with van der Waals surface area (Å²) in [6.07, 6.45) is 3.14. The van der Waals surface area contributed by atoms with E-state index in [1.54, 1.807) is 6.33 Å². The first-order valence-corrected chi connectivity index (χ1v) is 4.97. The molecular formula is C10H15N3O. The molecule has 0 spiro atoms. The largest absolute Gasteiger partial charge is 0.393 e. The third-order valence-corrected chi connectivity index (χ3v) is 2.58. The summed E-state index contributed by atoms with van der Waals surface area (Å²) >= 11 is 0. The smallest absolute Gasteiger partial charge is 0.132 e. The van der Waals surface area contributed by atoms with Crippen LogP contribution in [0, 0.1) is 6.92 Å². The second-order valence-corrected chi connectivity index (χ2v) is 3.74. The van der Waals surface area contributed by atoms with E-state index in [0.717, 1.165) is 37.4 Å². The van der Waals surface area contributed by atoms with E-state index in [1.165, 1.54) is 0 Å². The van der Waals surface area contributed by atoms with Crippen LogP contribution in [0.2, 0.25) is 0 Å². The predicted octanol–water partition coefficient (Wildman–Crippen LogP) is 0.746. The van der Waals surface area contributed by atoms with Crippen LogP contribution in [-0.4, -0.2) is 34.3 Å². The minimum Gasteiger partial charge on any atom is -0.393 e. The van der Waals surface area contributed by atoms with Crippen molar-refractivity contribution in [2.75, 3.05) is 18.0 Å². The summed E-state index contributed by atoms with van der Waals surface area (Å²) in [6, 6.07) is 1.98. The number of aliphatic hydroxyl groups is 1. The second kappa shape index (κ2) is 3.92. The molecule has 1 aromatic rings. The average molecular weight is 193 g/mol. The van der Waals surface area contributed by atoms with Crippen LogP contribution >= 0.6 is 0 Å². The minimum atomic E-state index is -0.130. The topological polar surface area (TPSA) is 49.2 Å². The molecule has 4 nitrogen and oxygen atoms in total. The molecule has 14 heavy (non-hydrogen) atoms. The highest BCUT2D eigenvalue weighted by atomic mass is 16.3. The van der Waals surface area contributed by atoms with E-state index in [0.29, 0.717) is 0 Å². The highest BCUT2D eigenvalue weighted by Crippen LogP contribution is 2.17. The maximum absolute atomic E-state index is 9.37. The minimum absolute atomic E-state index is 0.130. The van der Waals surface area contributed by atoms with Gasteiger partial charge in [0.15, 0.2) is 0 Å². The van der Waals surface area contributed by atoms with Crippen LogP contribution in [0.1, 0.15) is 18.5 Å². The molecule has 76 valence electrons. The maximum atomic E-state index is 9.37. The number of hydrogen-bond acceptors (Lipinski definition) is 4. The summed E-state index contributed by atoms with van der Waals surface area (Å²) in [4.78, 5) is 10.5. The second-order valence-electron chi connectivity index (χ2n) is 3.74. The van der Waals surface area contributed by atoms with E-state index >= 15 is 0 Å². The van der Waals surface area contributed by atoms with Gasteiger partial charge in [0.25, 0.3) is 0 Å². The molecule has 0 saturated carbocycles. The standard InChI is InChI=1S/C10H15N3O/c1-8-6-10(12-7-11-8)13-4-2-9(14)3-5-13/h6-7,9,14H,2-5H2,1H3. The van der Waals surface area contributed by atoms with Crippen molar-refractivity contribution in [2.24, 2.45) is 0 Å². The Morgan fingerprint density at radius 2 is 2.07 bits per heavy atom. The lowest BCUT2D eigenvalue weighted by Crippen LogP contribution is -2.36. The number of aryl methyl sites for hydroxylation is 1. The molecule has 2 heterocycles.